The Bertz CT molecular complexity index is 636. The van der Waals surface area contributed by atoms with Crippen LogP contribution in [0, 0.1) is 6.92 Å². The summed E-state index contributed by atoms with van der Waals surface area (Å²) in [4.78, 5) is 12.0. The van der Waals surface area contributed by atoms with Gasteiger partial charge in [-0.05, 0) is 48.9 Å². The number of hydrogen-bond donors (Lipinski definition) is 1. The molecule has 0 aliphatic carbocycles. The van der Waals surface area contributed by atoms with Crippen molar-refractivity contribution >= 4 is 34.9 Å². The smallest absolute Gasteiger partial charge is 0.338 e. The second-order valence-corrected chi connectivity index (χ2v) is 5.29. The third kappa shape index (κ3) is 3.65. The number of ether oxygens (including phenoxy) is 1. The Morgan fingerprint density at radius 3 is 2.65 bits per heavy atom. The lowest BCUT2D eigenvalue weighted by molar-refractivity contribution is 0.0473. The summed E-state index contributed by atoms with van der Waals surface area (Å²) >= 11 is 11.9. The van der Waals surface area contributed by atoms with Crippen LogP contribution in [0.3, 0.4) is 0 Å². The van der Waals surface area contributed by atoms with Crippen molar-refractivity contribution in [3.8, 4) is 0 Å². The average molecular weight is 310 g/mol. The van der Waals surface area contributed by atoms with Gasteiger partial charge >= 0.3 is 5.97 Å². The summed E-state index contributed by atoms with van der Waals surface area (Å²) in [5.41, 5.74) is 8.21. The van der Waals surface area contributed by atoms with Crippen LogP contribution in [0.2, 0.25) is 10.0 Å². The topological polar surface area (TPSA) is 52.3 Å². The Morgan fingerprint density at radius 2 is 1.95 bits per heavy atom. The van der Waals surface area contributed by atoms with Gasteiger partial charge in [0, 0.05) is 21.3 Å². The first kappa shape index (κ1) is 14.7. The van der Waals surface area contributed by atoms with Gasteiger partial charge in [-0.15, -0.1) is 0 Å². The maximum atomic E-state index is 12.0. The maximum absolute atomic E-state index is 12.0. The minimum absolute atomic E-state index is 0.0616. The molecule has 0 aliphatic rings. The zero-order chi connectivity index (χ0) is 14.7. The van der Waals surface area contributed by atoms with Gasteiger partial charge in [0.15, 0.2) is 0 Å². The second kappa shape index (κ2) is 6.16. The Hall–Kier alpha value is -1.71. The van der Waals surface area contributed by atoms with E-state index >= 15 is 0 Å². The normalized spacial score (nSPS) is 10.3. The van der Waals surface area contributed by atoms with E-state index in [1.54, 1.807) is 36.4 Å². The molecule has 3 nitrogen and oxygen atoms in total. The van der Waals surface area contributed by atoms with Crippen LogP contribution in [0.1, 0.15) is 21.5 Å². The van der Waals surface area contributed by atoms with Crippen molar-refractivity contribution in [2.24, 2.45) is 0 Å². The Balaban J connectivity index is 2.10. The molecule has 2 N–H and O–H groups in total. The Morgan fingerprint density at radius 1 is 1.20 bits per heavy atom. The van der Waals surface area contributed by atoms with E-state index in [2.05, 4.69) is 0 Å². The molecule has 0 fully saturated rings. The molecule has 0 spiro atoms. The van der Waals surface area contributed by atoms with Crippen molar-refractivity contribution in [3.63, 3.8) is 0 Å². The first-order valence-corrected chi connectivity index (χ1v) is 6.69. The number of hydrogen-bond acceptors (Lipinski definition) is 3. The van der Waals surface area contributed by atoms with Crippen LogP contribution >= 0.6 is 23.2 Å². The lowest BCUT2D eigenvalue weighted by Gasteiger charge is -2.08. The van der Waals surface area contributed by atoms with E-state index in [1.165, 1.54) is 0 Å². The van der Waals surface area contributed by atoms with E-state index in [1.807, 2.05) is 6.92 Å². The molecule has 104 valence electrons. The molecule has 0 aliphatic heterocycles. The summed E-state index contributed by atoms with van der Waals surface area (Å²) in [5, 5.41) is 1.05. The predicted molar refractivity (Wildman–Crippen MR) is 81.2 cm³/mol. The van der Waals surface area contributed by atoms with Crippen molar-refractivity contribution in [1.29, 1.82) is 0 Å². The van der Waals surface area contributed by atoms with Crippen LogP contribution in [0.4, 0.5) is 5.69 Å². The van der Waals surface area contributed by atoms with Crippen LogP contribution in [-0.4, -0.2) is 5.97 Å². The largest absolute Gasteiger partial charge is 0.457 e. The number of carbonyl (C=O) groups is 1. The molecule has 0 radical (unpaired) electrons. The number of nitrogen functional groups attached to an aromatic ring is 1. The maximum Gasteiger partial charge on any atom is 0.338 e. The van der Waals surface area contributed by atoms with E-state index in [-0.39, 0.29) is 6.61 Å². The zero-order valence-corrected chi connectivity index (χ0v) is 12.3. The predicted octanol–water partition coefficient (Wildman–Crippen LogP) is 4.24. The SMILES string of the molecule is Cc1cc(N)cc(C(=O)OCc2cc(Cl)ccc2Cl)c1. The van der Waals surface area contributed by atoms with Gasteiger partial charge in [0.1, 0.15) is 6.61 Å². The lowest BCUT2D eigenvalue weighted by Crippen LogP contribution is -2.06. The van der Waals surface area contributed by atoms with Crippen molar-refractivity contribution in [2.45, 2.75) is 13.5 Å². The average Bonchev–Trinajstić information content (AvgIpc) is 2.38. The highest BCUT2D eigenvalue weighted by atomic mass is 35.5. The molecule has 20 heavy (non-hydrogen) atoms. The van der Waals surface area contributed by atoms with Gasteiger partial charge in [-0.25, -0.2) is 4.79 Å². The number of anilines is 1. The molecule has 0 unspecified atom stereocenters. The highest BCUT2D eigenvalue weighted by Crippen LogP contribution is 2.22. The van der Waals surface area contributed by atoms with E-state index in [4.69, 9.17) is 33.7 Å². The summed E-state index contributed by atoms with van der Waals surface area (Å²) in [6.45, 7) is 1.92. The van der Waals surface area contributed by atoms with Crippen molar-refractivity contribution in [1.82, 2.24) is 0 Å². The number of benzene rings is 2. The van der Waals surface area contributed by atoms with Gasteiger partial charge in [-0.2, -0.15) is 0 Å². The number of rotatable bonds is 3. The first-order valence-electron chi connectivity index (χ1n) is 5.94. The van der Waals surface area contributed by atoms with Crippen molar-refractivity contribution in [3.05, 3.63) is 63.1 Å². The molecule has 2 rings (SSSR count). The molecule has 2 aromatic rings. The minimum Gasteiger partial charge on any atom is -0.457 e. The summed E-state index contributed by atoms with van der Waals surface area (Å²) in [6.07, 6.45) is 0. The van der Waals surface area contributed by atoms with Crippen LogP contribution in [0.25, 0.3) is 0 Å². The summed E-state index contributed by atoms with van der Waals surface area (Å²) in [5.74, 6) is -0.448. The summed E-state index contributed by atoms with van der Waals surface area (Å²) in [6, 6.07) is 10.1. The fourth-order valence-corrected chi connectivity index (χ4v) is 2.18. The lowest BCUT2D eigenvalue weighted by atomic mass is 10.1. The summed E-state index contributed by atoms with van der Waals surface area (Å²) in [7, 11) is 0. The van der Waals surface area contributed by atoms with Crippen molar-refractivity contribution < 1.29 is 9.53 Å². The summed E-state index contributed by atoms with van der Waals surface area (Å²) < 4.78 is 5.22. The molecule has 0 aromatic heterocycles. The van der Waals surface area contributed by atoms with Gasteiger partial charge in [-0.3, -0.25) is 0 Å². The van der Waals surface area contributed by atoms with E-state index < -0.39 is 5.97 Å². The van der Waals surface area contributed by atoms with Gasteiger partial charge in [0.05, 0.1) is 5.56 Å². The third-order valence-corrected chi connectivity index (χ3v) is 3.31. The van der Waals surface area contributed by atoms with Gasteiger partial charge in [-0.1, -0.05) is 23.2 Å². The fourth-order valence-electron chi connectivity index (χ4n) is 1.81. The van der Waals surface area contributed by atoms with Gasteiger partial charge in [0.2, 0.25) is 0 Å². The van der Waals surface area contributed by atoms with E-state index in [9.17, 15) is 4.79 Å². The molecule has 0 bridgehead atoms. The molecule has 2 aromatic carbocycles. The number of carbonyl (C=O) groups excluding carboxylic acids is 1. The molecule has 0 atom stereocenters. The highest BCUT2D eigenvalue weighted by molar-refractivity contribution is 6.33. The Kier molecular flexibility index (Phi) is 4.53. The van der Waals surface area contributed by atoms with Crippen molar-refractivity contribution in [2.75, 3.05) is 5.73 Å². The van der Waals surface area contributed by atoms with Crippen LogP contribution in [-0.2, 0) is 11.3 Å². The van der Waals surface area contributed by atoms with Crippen LogP contribution in [0.15, 0.2) is 36.4 Å². The number of aryl methyl sites for hydroxylation is 1. The Labute approximate surface area is 127 Å². The molecule has 0 amide bonds. The van der Waals surface area contributed by atoms with Crippen LogP contribution < -0.4 is 5.73 Å². The van der Waals surface area contributed by atoms with Gasteiger partial charge < -0.3 is 10.5 Å². The zero-order valence-electron chi connectivity index (χ0n) is 10.8. The number of halogens is 2. The molecule has 0 saturated carbocycles. The fraction of sp³-hybridized carbons (Fsp3) is 0.133. The van der Waals surface area contributed by atoms with Gasteiger partial charge in [0.25, 0.3) is 0 Å². The molecule has 0 heterocycles. The monoisotopic (exact) mass is 309 g/mol. The van der Waals surface area contributed by atoms with E-state index in [0.29, 0.717) is 26.9 Å². The molecular formula is C15H13Cl2NO2. The van der Waals surface area contributed by atoms with E-state index in [0.717, 1.165) is 5.56 Å². The highest BCUT2D eigenvalue weighted by Gasteiger charge is 2.10. The third-order valence-electron chi connectivity index (χ3n) is 2.70. The minimum atomic E-state index is -0.448. The second-order valence-electron chi connectivity index (χ2n) is 4.44. The standard InChI is InChI=1S/C15H13Cl2NO2/c1-9-4-10(7-13(18)5-9)15(19)20-8-11-6-12(16)2-3-14(11)17/h2-7H,8,18H2,1H3. The first-order chi connectivity index (χ1) is 9.45. The molecule has 5 heteroatoms. The number of nitrogens with two attached hydrogens (primary N) is 1. The molecular weight excluding hydrogens is 297 g/mol. The van der Waals surface area contributed by atoms with Crippen LogP contribution in [0.5, 0.6) is 0 Å². The molecule has 0 saturated heterocycles. The number of esters is 1. The quantitative estimate of drug-likeness (QED) is 0.681.